The quantitative estimate of drug-likeness (QED) is 0.163. The van der Waals surface area contributed by atoms with Crippen molar-refractivity contribution in [2.24, 2.45) is 0 Å². The lowest BCUT2D eigenvalue weighted by molar-refractivity contribution is 0.647. The van der Waals surface area contributed by atoms with Gasteiger partial charge in [-0.05, 0) is 107 Å². The fourth-order valence-corrected chi connectivity index (χ4v) is 8.73. The molecule has 0 saturated carbocycles. The maximum atomic E-state index is 6.66. The lowest BCUT2D eigenvalue weighted by Gasteiger charge is -2.26. The lowest BCUT2D eigenvalue weighted by atomic mass is 10.0. The first-order valence-electron chi connectivity index (χ1n) is 19.7. The van der Waals surface area contributed by atoms with Crippen LogP contribution in [0.15, 0.2) is 217 Å². The van der Waals surface area contributed by atoms with Crippen LogP contribution >= 0.6 is 0 Å². The minimum Gasteiger partial charge on any atom is -0.455 e. The van der Waals surface area contributed by atoms with Crippen LogP contribution < -0.4 is 4.90 Å². The number of furan rings is 1. The van der Waals surface area contributed by atoms with Crippen LogP contribution in [-0.2, 0) is 0 Å². The van der Waals surface area contributed by atoms with E-state index >= 15 is 0 Å². The van der Waals surface area contributed by atoms with E-state index in [0.29, 0.717) is 0 Å². The normalized spacial score (nSPS) is 13.9. The Bertz CT molecular complexity index is 3030. The molecule has 0 saturated heterocycles. The Balaban J connectivity index is 1.02. The Labute approximate surface area is 331 Å². The van der Waals surface area contributed by atoms with Crippen molar-refractivity contribution in [2.45, 2.75) is 12.5 Å². The highest BCUT2D eigenvalue weighted by atomic mass is 16.3. The molecule has 0 N–H and O–H groups in total. The van der Waals surface area contributed by atoms with Gasteiger partial charge in [0.1, 0.15) is 11.2 Å². The van der Waals surface area contributed by atoms with Gasteiger partial charge >= 0.3 is 0 Å². The molecule has 0 fully saturated rings. The molecule has 270 valence electrons. The van der Waals surface area contributed by atoms with Crippen LogP contribution in [0.1, 0.15) is 12.5 Å². The van der Waals surface area contributed by atoms with Gasteiger partial charge in [0.05, 0.1) is 16.9 Å². The summed E-state index contributed by atoms with van der Waals surface area (Å²) >= 11 is 0. The van der Waals surface area contributed by atoms with Gasteiger partial charge < -0.3 is 13.9 Å². The molecule has 1 aliphatic carbocycles. The number of para-hydroxylation sites is 1. The summed E-state index contributed by atoms with van der Waals surface area (Å²) in [7, 11) is 0. The zero-order valence-corrected chi connectivity index (χ0v) is 31.3. The van der Waals surface area contributed by atoms with Gasteiger partial charge in [-0.25, -0.2) is 0 Å². The van der Waals surface area contributed by atoms with Crippen molar-refractivity contribution in [3.8, 4) is 33.4 Å². The summed E-state index contributed by atoms with van der Waals surface area (Å²) in [6, 6.07) is 67.9. The molecule has 0 radical (unpaired) electrons. The third kappa shape index (κ3) is 5.75. The molecular formula is C54H38N2O. The summed E-state index contributed by atoms with van der Waals surface area (Å²) < 4.78 is 9.15. The van der Waals surface area contributed by atoms with Crippen LogP contribution in [0.2, 0.25) is 0 Å². The first-order chi connectivity index (χ1) is 28.3. The maximum absolute atomic E-state index is 6.66. The number of hydrogen-bond acceptors (Lipinski definition) is 2. The number of anilines is 3. The highest BCUT2D eigenvalue weighted by Gasteiger charge is 2.22. The predicted molar refractivity (Wildman–Crippen MR) is 240 cm³/mol. The van der Waals surface area contributed by atoms with Crippen molar-refractivity contribution in [3.05, 3.63) is 212 Å². The predicted octanol–water partition coefficient (Wildman–Crippen LogP) is 15.2. The zero-order chi connectivity index (χ0) is 37.7. The van der Waals surface area contributed by atoms with Gasteiger partial charge in [0.2, 0.25) is 0 Å². The van der Waals surface area contributed by atoms with Crippen molar-refractivity contribution in [1.82, 2.24) is 4.57 Å². The SMILES string of the molecule is C1=CCC(n2c3ccc(-c4ccc(N(c5ccc(-c6ccccc6)cc5)c5ccc(-c6ccccc6)cc5)cc4)cc3c3c4oc5ccccc5c4ccc32)C=C1. The first-order valence-corrected chi connectivity index (χ1v) is 19.7. The number of fused-ring (bicyclic) bond motifs is 7. The van der Waals surface area contributed by atoms with Crippen molar-refractivity contribution in [1.29, 1.82) is 0 Å². The molecular weight excluding hydrogens is 693 g/mol. The molecule has 3 heteroatoms. The van der Waals surface area contributed by atoms with Gasteiger partial charge in [0, 0.05) is 38.7 Å². The van der Waals surface area contributed by atoms with Crippen LogP contribution in [0.3, 0.4) is 0 Å². The van der Waals surface area contributed by atoms with Crippen molar-refractivity contribution in [2.75, 3.05) is 4.90 Å². The Morgan fingerprint density at radius 1 is 0.439 bits per heavy atom. The zero-order valence-electron chi connectivity index (χ0n) is 31.3. The van der Waals surface area contributed by atoms with E-state index in [0.717, 1.165) is 51.0 Å². The number of benzene rings is 8. The molecule has 0 bridgehead atoms. The largest absolute Gasteiger partial charge is 0.455 e. The van der Waals surface area contributed by atoms with E-state index in [1.54, 1.807) is 0 Å². The summed E-state index contributed by atoms with van der Waals surface area (Å²) in [5.41, 5.74) is 14.7. The molecule has 8 aromatic carbocycles. The molecule has 1 aliphatic rings. The molecule has 1 unspecified atom stereocenters. The van der Waals surface area contributed by atoms with E-state index < -0.39 is 0 Å². The van der Waals surface area contributed by atoms with Gasteiger partial charge in [-0.15, -0.1) is 0 Å². The molecule has 2 heterocycles. The average molecular weight is 731 g/mol. The average Bonchev–Trinajstić information content (AvgIpc) is 3.84. The molecule has 1 atom stereocenters. The Morgan fingerprint density at radius 2 is 0.965 bits per heavy atom. The lowest BCUT2D eigenvalue weighted by Crippen LogP contribution is -2.09. The summed E-state index contributed by atoms with van der Waals surface area (Å²) in [6.07, 6.45) is 9.84. The number of aromatic nitrogens is 1. The molecule has 10 aromatic rings. The first kappa shape index (κ1) is 33.0. The number of nitrogens with zero attached hydrogens (tertiary/aromatic N) is 2. The minimum absolute atomic E-state index is 0.233. The van der Waals surface area contributed by atoms with E-state index in [4.69, 9.17) is 4.42 Å². The molecule has 11 rings (SSSR count). The Kier molecular flexibility index (Phi) is 7.96. The second-order valence-corrected chi connectivity index (χ2v) is 14.9. The van der Waals surface area contributed by atoms with Crippen LogP contribution in [0.4, 0.5) is 17.1 Å². The van der Waals surface area contributed by atoms with Gasteiger partial charge in [-0.3, -0.25) is 0 Å². The van der Waals surface area contributed by atoms with Crippen molar-refractivity contribution >= 4 is 60.8 Å². The standard InChI is InChI=1S/C54H38N2O/c1-4-12-37(13-5-1)39-20-27-44(28-21-39)55(45-29-22-40(23-30-45)38-14-6-2-7-15-38)46-31-24-41(25-32-46)42-26-34-50-49(36-42)53-51(56(50)43-16-8-3-9-17-43)35-33-48-47-18-10-11-19-52(47)57-54(48)53/h1-16,18-36,43H,17H2. The van der Waals surface area contributed by atoms with Gasteiger partial charge in [0.15, 0.2) is 0 Å². The minimum atomic E-state index is 0.233. The van der Waals surface area contributed by atoms with Crippen molar-refractivity contribution < 1.29 is 4.42 Å². The van der Waals surface area contributed by atoms with Crippen LogP contribution in [0.5, 0.6) is 0 Å². The second-order valence-electron chi connectivity index (χ2n) is 14.9. The summed E-state index contributed by atoms with van der Waals surface area (Å²) in [5.74, 6) is 0. The Hall–Kier alpha value is -7.36. The molecule has 57 heavy (non-hydrogen) atoms. The molecule has 0 spiro atoms. The molecule has 2 aromatic heterocycles. The summed E-state index contributed by atoms with van der Waals surface area (Å²) in [6.45, 7) is 0. The van der Waals surface area contributed by atoms with E-state index in [-0.39, 0.29) is 6.04 Å². The van der Waals surface area contributed by atoms with Gasteiger partial charge in [0.25, 0.3) is 0 Å². The van der Waals surface area contributed by atoms with Crippen LogP contribution in [0.25, 0.3) is 77.1 Å². The monoisotopic (exact) mass is 730 g/mol. The summed E-state index contributed by atoms with van der Waals surface area (Å²) in [4.78, 5) is 2.34. The van der Waals surface area contributed by atoms with Crippen LogP contribution in [-0.4, -0.2) is 4.57 Å². The van der Waals surface area contributed by atoms with Crippen molar-refractivity contribution in [3.63, 3.8) is 0 Å². The fraction of sp³-hybridized carbons (Fsp3) is 0.0370. The topological polar surface area (TPSA) is 21.3 Å². The number of allylic oxidation sites excluding steroid dienone is 4. The van der Waals surface area contributed by atoms with Gasteiger partial charge in [-0.1, -0.05) is 146 Å². The number of rotatable bonds is 7. The van der Waals surface area contributed by atoms with Crippen LogP contribution in [0, 0.1) is 0 Å². The maximum Gasteiger partial charge on any atom is 0.145 e. The molecule has 0 amide bonds. The third-order valence-electron chi connectivity index (χ3n) is 11.5. The fourth-order valence-electron chi connectivity index (χ4n) is 8.73. The van der Waals surface area contributed by atoms with E-state index in [1.165, 1.54) is 49.6 Å². The second kappa shape index (κ2) is 13.7. The molecule has 0 aliphatic heterocycles. The highest BCUT2D eigenvalue weighted by Crippen LogP contribution is 2.43. The number of hydrogen-bond donors (Lipinski definition) is 0. The van der Waals surface area contributed by atoms with E-state index in [9.17, 15) is 0 Å². The summed E-state index contributed by atoms with van der Waals surface area (Å²) in [5, 5.41) is 4.68. The smallest absolute Gasteiger partial charge is 0.145 e. The van der Waals surface area contributed by atoms with E-state index in [1.807, 2.05) is 6.07 Å². The van der Waals surface area contributed by atoms with Gasteiger partial charge in [-0.2, -0.15) is 0 Å². The van der Waals surface area contributed by atoms with E-state index in [2.05, 4.69) is 216 Å². The highest BCUT2D eigenvalue weighted by molar-refractivity contribution is 6.23. The third-order valence-corrected chi connectivity index (χ3v) is 11.5. The molecule has 3 nitrogen and oxygen atoms in total. The Morgan fingerprint density at radius 3 is 1.56 bits per heavy atom.